The summed E-state index contributed by atoms with van der Waals surface area (Å²) in [7, 11) is 7.19. The molecule has 0 saturated heterocycles. The number of benzene rings is 2. The second-order valence-electron chi connectivity index (χ2n) is 6.14. The van der Waals surface area contributed by atoms with E-state index in [4.69, 9.17) is 18.7 Å². The lowest BCUT2D eigenvalue weighted by Crippen LogP contribution is -2.19. The van der Waals surface area contributed by atoms with E-state index in [2.05, 4.69) is 15.0 Å². The molecule has 0 N–H and O–H groups in total. The van der Waals surface area contributed by atoms with Gasteiger partial charge in [0.1, 0.15) is 12.4 Å². The summed E-state index contributed by atoms with van der Waals surface area (Å²) in [6.07, 6.45) is 0. The molecule has 7 heteroatoms. The molecular weight excluding hydrogens is 346 g/mol. The molecule has 1 heterocycles. The summed E-state index contributed by atoms with van der Waals surface area (Å²) in [4.78, 5) is 6.58. The van der Waals surface area contributed by atoms with Gasteiger partial charge in [0.25, 0.3) is 5.89 Å². The average Bonchev–Trinajstić information content (AvgIpc) is 3.17. The van der Waals surface area contributed by atoms with Crippen molar-refractivity contribution in [3.05, 3.63) is 42.5 Å². The standard InChI is InChI=1S/C20H23N3O4/c1-23(2)11-12-26-16-8-6-5-7-15(16)20-21-19(22-27-20)14-9-10-17(24-3)18(13-14)25-4/h5-10,13H,11-12H2,1-4H3. The molecule has 142 valence electrons. The summed E-state index contributed by atoms with van der Waals surface area (Å²) < 4.78 is 22.0. The lowest BCUT2D eigenvalue weighted by atomic mass is 10.2. The second kappa shape index (κ2) is 8.55. The fraction of sp³-hybridized carbons (Fsp3) is 0.300. The zero-order chi connectivity index (χ0) is 19.2. The molecule has 0 saturated carbocycles. The monoisotopic (exact) mass is 369 g/mol. The quantitative estimate of drug-likeness (QED) is 0.603. The van der Waals surface area contributed by atoms with Crippen molar-refractivity contribution in [1.29, 1.82) is 0 Å². The molecule has 0 fully saturated rings. The Kier molecular flexibility index (Phi) is 5.93. The van der Waals surface area contributed by atoms with Gasteiger partial charge in [0.15, 0.2) is 11.5 Å². The first-order valence-electron chi connectivity index (χ1n) is 8.55. The van der Waals surface area contributed by atoms with Crippen molar-refractivity contribution < 1.29 is 18.7 Å². The number of hydrogen-bond donors (Lipinski definition) is 0. The van der Waals surface area contributed by atoms with Crippen LogP contribution in [-0.4, -0.2) is 56.5 Å². The van der Waals surface area contributed by atoms with Gasteiger partial charge in [-0.2, -0.15) is 4.98 Å². The fourth-order valence-electron chi connectivity index (χ4n) is 2.53. The molecule has 3 aromatic rings. The van der Waals surface area contributed by atoms with Gasteiger partial charge in [-0.25, -0.2) is 0 Å². The highest BCUT2D eigenvalue weighted by Crippen LogP contribution is 2.33. The molecule has 0 spiro atoms. The van der Waals surface area contributed by atoms with E-state index in [1.165, 1.54) is 0 Å². The molecule has 0 aliphatic carbocycles. The highest BCUT2D eigenvalue weighted by atomic mass is 16.5. The van der Waals surface area contributed by atoms with Crippen molar-refractivity contribution in [2.24, 2.45) is 0 Å². The average molecular weight is 369 g/mol. The van der Waals surface area contributed by atoms with Crippen LogP contribution in [0.4, 0.5) is 0 Å². The number of likely N-dealkylation sites (N-methyl/N-ethyl adjacent to an activating group) is 1. The third kappa shape index (κ3) is 4.38. The van der Waals surface area contributed by atoms with E-state index < -0.39 is 0 Å². The zero-order valence-corrected chi connectivity index (χ0v) is 15.9. The first-order valence-corrected chi connectivity index (χ1v) is 8.55. The maximum absolute atomic E-state index is 5.88. The van der Waals surface area contributed by atoms with Gasteiger partial charge in [-0.1, -0.05) is 17.3 Å². The van der Waals surface area contributed by atoms with Crippen LogP contribution in [-0.2, 0) is 0 Å². The van der Waals surface area contributed by atoms with Gasteiger partial charge in [0.05, 0.1) is 19.8 Å². The number of aromatic nitrogens is 2. The SMILES string of the molecule is COc1ccc(-c2noc(-c3ccccc3OCCN(C)C)n2)cc1OC. The highest BCUT2D eigenvalue weighted by molar-refractivity contribution is 5.66. The van der Waals surface area contributed by atoms with Crippen LogP contribution in [0.2, 0.25) is 0 Å². The summed E-state index contributed by atoms with van der Waals surface area (Å²) >= 11 is 0. The van der Waals surface area contributed by atoms with Gasteiger partial charge < -0.3 is 23.6 Å². The smallest absolute Gasteiger partial charge is 0.262 e. The van der Waals surface area contributed by atoms with Crippen LogP contribution in [0.25, 0.3) is 22.8 Å². The summed E-state index contributed by atoms with van der Waals surface area (Å²) in [6.45, 7) is 1.38. The van der Waals surface area contributed by atoms with Crippen molar-refractivity contribution >= 4 is 0 Å². The van der Waals surface area contributed by atoms with Crippen molar-refractivity contribution in [3.63, 3.8) is 0 Å². The van der Waals surface area contributed by atoms with Crippen LogP contribution in [0.15, 0.2) is 47.0 Å². The minimum atomic E-state index is 0.403. The van der Waals surface area contributed by atoms with Gasteiger partial charge in [0, 0.05) is 12.1 Å². The first kappa shape index (κ1) is 18.7. The third-order valence-electron chi connectivity index (χ3n) is 3.98. The number of hydrogen-bond acceptors (Lipinski definition) is 7. The van der Waals surface area contributed by atoms with Crippen LogP contribution >= 0.6 is 0 Å². The molecular formula is C20H23N3O4. The number of methoxy groups -OCH3 is 2. The van der Waals surface area contributed by atoms with E-state index in [1.807, 2.05) is 56.6 Å². The molecule has 0 unspecified atom stereocenters. The Morgan fingerprint density at radius 1 is 0.963 bits per heavy atom. The molecule has 0 bridgehead atoms. The van der Waals surface area contributed by atoms with Crippen LogP contribution in [0.3, 0.4) is 0 Å². The van der Waals surface area contributed by atoms with Gasteiger partial charge in [0.2, 0.25) is 5.82 Å². The van der Waals surface area contributed by atoms with Crippen molar-refractivity contribution in [3.8, 4) is 40.1 Å². The molecule has 0 aliphatic heterocycles. The number of nitrogens with zero attached hydrogens (tertiary/aromatic N) is 3. The normalized spacial score (nSPS) is 10.9. The predicted molar refractivity (Wildman–Crippen MR) is 102 cm³/mol. The summed E-state index contributed by atoms with van der Waals surface area (Å²) in [5.74, 6) is 2.83. The summed E-state index contributed by atoms with van der Waals surface area (Å²) in [6, 6.07) is 13.1. The first-order chi connectivity index (χ1) is 13.1. The topological polar surface area (TPSA) is 69.9 Å². The van der Waals surface area contributed by atoms with Crippen LogP contribution in [0.5, 0.6) is 17.2 Å². The molecule has 0 aliphatic rings. The molecule has 27 heavy (non-hydrogen) atoms. The van der Waals surface area contributed by atoms with Crippen LogP contribution in [0.1, 0.15) is 0 Å². The van der Waals surface area contributed by atoms with Gasteiger partial charge in [-0.05, 0) is 44.4 Å². The Bertz CT molecular complexity index is 892. The van der Waals surface area contributed by atoms with E-state index in [0.717, 1.165) is 17.7 Å². The Labute approximate surface area is 158 Å². The highest BCUT2D eigenvalue weighted by Gasteiger charge is 2.16. The minimum absolute atomic E-state index is 0.403. The van der Waals surface area contributed by atoms with Crippen molar-refractivity contribution in [2.75, 3.05) is 41.5 Å². The van der Waals surface area contributed by atoms with Gasteiger partial charge in [-0.15, -0.1) is 0 Å². The largest absolute Gasteiger partial charge is 0.493 e. The maximum atomic E-state index is 5.88. The molecule has 1 aromatic heterocycles. The lowest BCUT2D eigenvalue weighted by molar-refractivity contribution is 0.261. The third-order valence-corrected chi connectivity index (χ3v) is 3.98. The lowest BCUT2D eigenvalue weighted by Gasteiger charge is -2.12. The Morgan fingerprint density at radius 3 is 2.48 bits per heavy atom. The Hall–Kier alpha value is -3.06. The predicted octanol–water partition coefficient (Wildman–Crippen LogP) is 3.36. The van der Waals surface area contributed by atoms with E-state index in [1.54, 1.807) is 14.2 Å². The van der Waals surface area contributed by atoms with E-state index in [9.17, 15) is 0 Å². The van der Waals surface area contributed by atoms with E-state index in [0.29, 0.717) is 35.6 Å². The fourth-order valence-corrected chi connectivity index (χ4v) is 2.53. The molecule has 0 amide bonds. The summed E-state index contributed by atoms with van der Waals surface area (Å²) in [5.41, 5.74) is 1.53. The van der Waals surface area contributed by atoms with Crippen molar-refractivity contribution in [1.82, 2.24) is 15.0 Å². The van der Waals surface area contributed by atoms with E-state index >= 15 is 0 Å². The molecule has 2 aromatic carbocycles. The Morgan fingerprint density at radius 2 is 1.74 bits per heavy atom. The number of ether oxygens (including phenoxy) is 3. The zero-order valence-electron chi connectivity index (χ0n) is 15.9. The van der Waals surface area contributed by atoms with Crippen LogP contribution < -0.4 is 14.2 Å². The minimum Gasteiger partial charge on any atom is -0.493 e. The number of para-hydroxylation sites is 1. The van der Waals surface area contributed by atoms with Crippen molar-refractivity contribution in [2.45, 2.75) is 0 Å². The molecule has 0 atom stereocenters. The number of rotatable bonds is 8. The van der Waals surface area contributed by atoms with Gasteiger partial charge >= 0.3 is 0 Å². The second-order valence-corrected chi connectivity index (χ2v) is 6.14. The molecule has 7 nitrogen and oxygen atoms in total. The maximum Gasteiger partial charge on any atom is 0.262 e. The molecule has 3 rings (SSSR count). The van der Waals surface area contributed by atoms with Crippen LogP contribution in [0, 0.1) is 0 Å². The summed E-state index contributed by atoms with van der Waals surface area (Å²) in [5, 5.41) is 4.10. The molecule has 0 radical (unpaired) electrons. The van der Waals surface area contributed by atoms with Gasteiger partial charge in [-0.3, -0.25) is 0 Å². The Balaban J connectivity index is 1.86. The van der Waals surface area contributed by atoms with E-state index in [-0.39, 0.29) is 0 Å².